The molecular weight excluding hydrogens is 394 g/mol. The highest BCUT2D eigenvalue weighted by atomic mass is 32.2. The zero-order valence-electron chi connectivity index (χ0n) is 14.9. The molecule has 0 unspecified atom stereocenters. The van der Waals surface area contributed by atoms with E-state index in [0.717, 1.165) is 24.3 Å². The maximum Gasteiger partial charge on any atom is 0.338 e. The maximum absolute atomic E-state index is 13.7. The number of carbonyl (C=O) groups excluding carboxylic acids is 2. The van der Waals surface area contributed by atoms with E-state index in [1.54, 1.807) is 6.26 Å². The first kappa shape index (κ1) is 21.3. The molecule has 1 amide bonds. The van der Waals surface area contributed by atoms with E-state index in [1.165, 1.54) is 30.8 Å². The Morgan fingerprint density at radius 2 is 1.89 bits per heavy atom. The molecule has 2 aromatic rings. The van der Waals surface area contributed by atoms with Crippen LogP contribution in [-0.2, 0) is 15.3 Å². The number of hydrogen-bond donors (Lipinski definition) is 1. The highest BCUT2D eigenvalue weighted by molar-refractivity contribution is 7.97. The Labute approximate surface area is 163 Å². The molecule has 0 bridgehead atoms. The number of esters is 1. The Balaban J connectivity index is 2.06. The van der Waals surface area contributed by atoms with E-state index in [0.29, 0.717) is 11.3 Å². The first-order valence-corrected chi connectivity index (χ1v) is 9.35. The fourth-order valence-electron chi connectivity index (χ4n) is 2.22. The summed E-state index contributed by atoms with van der Waals surface area (Å²) in [4.78, 5) is 34.2. The summed E-state index contributed by atoms with van der Waals surface area (Å²) in [5.41, 5.74) is -0.402. The molecule has 0 fully saturated rings. The molecule has 28 heavy (non-hydrogen) atoms. The van der Waals surface area contributed by atoms with Gasteiger partial charge < -0.3 is 10.1 Å². The molecule has 1 N–H and O–H groups in total. The zero-order chi connectivity index (χ0) is 20.8. The van der Waals surface area contributed by atoms with Crippen LogP contribution in [0.1, 0.15) is 22.8 Å². The van der Waals surface area contributed by atoms with Gasteiger partial charge in [-0.2, -0.15) is 16.2 Å². The number of rotatable bonds is 7. The van der Waals surface area contributed by atoms with Crippen molar-refractivity contribution in [2.24, 2.45) is 0 Å². The molecule has 0 aliphatic heterocycles. The lowest BCUT2D eigenvalue weighted by atomic mass is 10.1. The van der Waals surface area contributed by atoms with E-state index in [-0.39, 0.29) is 11.3 Å². The number of nitro groups is 1. The van der Waals surface area contributed by atoms with Crippen molar-refractivity contribution in [2.45, 2.75) is 18.8 Å². The Bertz CT molecular complexity index is 923. The fraction of sp³-hybridized carbons (Fsp3) is 0.222. The number of nitrogens with one attached hydrogen (secondary N) is 1. The quantitative estimate of drug-likeness (QED) is 0.422. The molecule has 0 aliphatic rings. The maximum atomic E-state index is 13.7. The first-order chi connectivity index (χ1) is 13.2. The Hall–Kier alpha value is -3.01. The summed E-state index contributed by atoms with van der Waals surface area (Å²) < 4.78 is 32.1. The largest absolute Gasteiger partial charge is 0.449 e. The number of halogens is 2. The number of nitrogens with zero attached hydrogens (tertiary/aromatic N) is 1. The van der Waals surface area contributed by atoms with Crippen LogP contribution in [0, 0.1) is 21.7 Å². The van der Waals surface area contributed by atoms with Crippen molar-refractivity contribution in [3.63, 3.8) is 0 Å². The van der Waals surface area contributed by atoms with Gasteiger partial charge in [0.1, 0.15) is 5.82 Å². The standard InChI is InChI=1S/C18H16F2N2O5S/c1-10(17(23)21-13-4-6-15(20)16(8-13)22(25)26)27-18(24)11-3-5-14(19)12(7-11)9-28-2/h3-8,10H,9H2,1-2H3,(H,21,23)/t10-/m0/s1. The summed E-state index contributed by atoms with van der Waals surface area (Å²) in [7, 11) is 0. The predicted molar refractivity (Wildman–Crippen MR) is 100 cm³/mol. The van der Waals surface area contributed by atoms with Crippen LogP contribution in [-0.4, -0.2) is 29.2 Å². The van der Waals surface area contributed by atoms with E-state index in [2.05, 4.69) is 5.32 Å². The van der Waals surface area contributed by atoms with Crippen LogP contribution in [0.15, 0.2) is 36.4 Å². The second kappa shape index (κ2) is 9.27. The van der Waals surface area contributed by atoms with E-state index in [4.69, 9.17) is 4.74 Å². The average Bonchev–Trinajstić information content (AvgIpc) is 2.64. The molecule has 0 saturated heterocycles. The number of anilines is 1. The zero-order valence-corrected chi connectivity index (χ0v) is 15.7. The lowest BCUT2D eigenvalue weighted by molar-refractivity contribution is -0.387. The van der Waals surface area contributed by atoms with Crippen molar-refractivity contribution in [2.75, 3.05) is 11.6 Å². The third kappa shape index (κ3) is 5.26. The van der Waals surface area contributed by atoms with Gasteiger partial charge in [0.05, 0.1) is 10.5 Å². The molecule has 0 spiro atoms. The molecule has 148 valence electrons. The van der Waals surface area contributed by atoms with Gasteiger partial charge in [-0.15, -0.1) is 0 Å². The van der Waals surface area contributed by atoms with Gasteiger partial charge in [-0.1, -0.05) is 0 Å². The summed E-state index contributed by atoms with van der Waals surface area (Å²) in [6.07, 6.45) is 0.544. The van der Waals surface area contributed by atoms with Gasteiger partial charge in [0, 0.05) is 17.5 Å². The van der Waals surface area contributed by atoms with Crippen molar-refractivity contribution in [3.8, 4) is 0 Å². The highest BCUT2D eigenvalue weighted by Crippen LogP contribution is 2.22. The summed E-state index contributed by atoms with van der Waals surface area (Å²) in [6.45, 7) is 1.30. The molecule has 1 atom stereocenters. The van der Waals surface area contributed by atoms with E-state index in [1.807, 2.05) is 0 Å². The Morgan fingerprint density at radius 3 is 2.54 bits per heavy atom. The average molecular weight is 410 g/mol. The number of benzene rings is 2. The summed E-state index contributed by atoms with van der Waals surface area (Å²) in [5.74, 6) is -2.71. The van der Waals surface area contributed by atoms with Crippen molar-refractivity contribution in [3.05, 3.63) is 69.3 Å². The van der Waals surface area contributed by atoms with Gasteiger partial charge in [-0.25, -0.2) is 9.18 Å². The lowest BCUT2D eigenvalue weighted by Crippen LogP contribution is -2.30. The van der Waals surface area contributed by atoms with Gasteiger partial charge >= 0.3 is 11.7 Å². The third-order valence-electron chi connectivity index (χ3n) is 3.64. The van der Waals surface area contributed by atoms with Crippen molar-refractivity contribution in [1.82, 2.24) is 0 Å². The van der Waals surface area contributed by atoms with Gasteiger partial charge in [0.15, 0.2) is 6.10 Å². The van der Waals surface area contributed by atoms with Gasteiger partial charge in [0.25, 0.3) is 5.91 Å². The molecule has 0 aromatic heterocycles. The molecule has 2 aromatic carbocycles. The van der Waals surface area contributed by atoms with Crippen molar-refractivity contribution < 1.29 is 28.0 Å². The Morgan fingerprint density at radius 1 is 1.21 bits per heavy atom. The van der Waals surface area contributed by atoms with Crippen LogP contribution in [0.2, 0.25) is 0 Å². The molecule has 0 radical (unpaired) electrons. The number of nitro benzene ring substituents is 1. The monoisotopic (exact) mass is 410 g/mol. The third-order valence-corrected chi connectivity index (χ3v) is 4.24. The normalized spacial score (nSPS) is 11.6. The van der Waals surface area contributed by atoms with Crippen LogP contribution in [0.3, 0.4) is 0 Å². The van der Waals surface area contributed by atoms with Crippen LogP contribution < -0.4 is 5.32 Å². The molecule has 2 rings (SSSR count). The Kier molecular flexibility index (Phi) is 7.05. The van der Waals surface area contributed by atoms with Crippen molar-refractivity contribution >= 4 is 35.0 Å². The number of carbonyl (C=O) groups is 2. The van der Waals surface area contributed by atoms with Crippen LogP contribution in [0.25, 0.3) is 0 Å². The number of thioether (sulfide) groups is 1. The molecule has 0 aliphatic carbocycles. The molecule has 10 heteroatoms. The number of amides is 1. The topological polar surface area (TPSA) is 98.5 Å². The summed E-state index contributed by atoms with van der Waals surface area (Å²) in [6, 6.07) is 6.58. The van der Waals surface area contributed by atoms with Gasteiger partial charge in [-0.05, 0) is 49.1 Å². The lowest BCUT2D eigenvalue weighted by Gasteiger charge is -2.14. The van der Waals surface area contributed by atoms with Crippen molar-refractivity contribution in [1.29, 1.82) is 0 Å². The van der Waals surface area contributed by atoms with Gasteiger partial charge in [-0.3, -0.25) is 14.9 Å². The molecule has 7 nitrogen and oxygen atoms in total. The minimum atomic E-state index is -1.24. The molecular formula is C18H16F2N2O5S. The SMILES string of the molecule is CSCc1cc(C(=O)O[C@@H](C)C(=O)Nc2ccc(F)c([N+](=O)[O-])c2)ccc1F. The second-order valence-electron chi connectivity index (χ2n) is 5.70. The van der Waals surface area contributed by atoms with Crippen LogP contribution in [0.4, 0.5) is 20.2 Å². The van der Waals surface area contributed by atoms with Crippen LogP contribution in [0.5, 0.6) is 0 Å². The number of ether oxygens (including phenoxy) is 1. The van der Waals surface area contributed by atoms with E-state index >= 15 is 0 Å². The molecule has 0 heterocycles. The smallest absolute Gasteiger partial charge is 0.338 e. The predicted octanol–water partition coefficient (Wildman–Crippen LogP) is 3.92. The van der Waals surface area contributed by atoms with E-state index < -0.39 is 40.2 Å². The first-order valence-electron chi connectivity index (χ1n) is 7.96. The number of hydrogen-bond acceptors (Lipinski definition) is 6. The minimum Gasteiger partial charge on any atom is -0.449 e. The molecule has 0 saturated carbocycles. The summed E-state index contributed by atoms with van der Waals surface area (Å²) in [5, 5.41) is 13.1. The van der Waals surface area contributed by atoms with Gasteiger partial charge in [0.2, 0.25) is 5.82 Å². The second-order valence-corrected chi connectivity index (χ2v) is 6.57. The summed E-state index contributed by atoms with van der Waals surface area (Å²) >= 11 is 1.38. The fourth-order valence-corrected chi connectivity index (χ4v) is 2.76. The van der Waals surface area contributed by atoms with E-state index in [9.17, 15) is 28.5 Å². The van der Waals surface area contributed by atoms with Crippen LogP contribution >= 0.6 is 11.8 Å². The highest BCUT2D eigenvalue weighted by Gasteiger charge is 2.21. The minimum absolute atomic E-state index is 0.0231.